The highest BCUT2D eigenvalue weighted by Gasteiger charge is 2.58. The average molecular weight is 494 g/mol. The van der Waals surface area contributed by atoms with E-state index in [0.717, 1.165) is 19.3 Å². The minimum Gasteiger partial charge on any atom is -0.410 e. The number of amides is 1. The Morgan fingerprint density at radius 3 is 2.79 bits per heavy atom. The van der Waals surface area contributed by atoms with Crippen molar-refractivity contribution in [3.8, 4) is 0 Å². The van der Waals surface area contributed by atoms with Crippen LogP contribution in [0.1, 0.15) is 38.2 Å². The monoisotopic (exact) mass is 493 g/mol. The Hall–Kier alpha value is -2.46. The van der Waals surface area contributed by atoms with Gasteiger partial charge in [0.05, 0.1) is 16.7 Å². The minimum atomic E-state index is -1.53. The molecule has 1 aromatic rings. The number of nitrogens with two attached hydrogens (primary N) is 1. The van der Waals surface area contributed by atoms with Gasteiger partial charge in [0.25, 0.3) is 5.91 Å². The molecule has 1 saturated heterocycles. The molecule has 10 heteroatoms. The van der Waals surface area contributed by atoms with Crippen molar-refractivity contribution in [2.75, 3.05) is 13.7 Å². The van der Waals surface area contributed by atoms with E-state index >= 15 is 0 Å². The van der Waals surface area contributed by atoms with Gasteiger partial charge in [-0.3, -0.25) is 9.59 Å². The summed E-state index contributed by atoms with van der Waals surface area (Å²) in [6.07, 6.45) is 3.00. The van der Waals surface area contributed by atoms with Gasteiger partial charge in [-0.05, 0) is 25.3 Å². The molecule has 1 aliphatic carbocycles. The van der Waals surface area contributed by atoms with Crippen molar-refractivity contribution in [2.45, 2.75) is 51.4 Å². The SMILES string of the molecule is CCCC1C(=O)C2=C(ON)C(O)C(C(=O)NCc3cccc(Cl)c3F)=CN2C[C@]12C[C@@H](OC)C2. The van der Waals surface area contributed by atoms with E-state index in [1.165, 1.54) is 18.3 Å². The second kappa shape index (κ2) is 9.65. The van der Waals surface area contributed by atoms with Crippen LogP contribution in [0.15, 0.2) is 41.4 Å². The second-order valence-corrected chi connectivity index (χ2v) is 9.58. The van der Waals surface area contributed by atoms with Gasteiger partial charge in [-0.2, -0.15) is 5.90 Å². The van der Waals surface area contributed by atoms with Gasteiger partial charge in [0.1, 0.15) is 17.6 Å². The summed E-state index contributed by atoms with van der Waals surface area (Å²) in [4.78, 5) is 33.1. The number of Topliss-reactive ketones (excluding diaryl/α,β-unsaturated/α-hetero) is 1. The lowest BCUT2D eigenvalue weighted by molar-refractivity contribution is -0.149. The number of halogens is 2. The maximum absolute atomic E-state index is 14.2. The highest BCUT2D eigenvalue weighted by atomic mass is 35.5. The zero-order valence-corrected chi connectivity index (χ0v) is 19.9. The largest absolute Gasteiger partial charge is 0.410 e. The first-order chi connectivity index (χ1) is 16.3. The fourth-order valence-corrected chi connectivity index (χ4v) is 5.61. The number of aliphatic hydroxyl groups excluding tert-OH is 1. The number of hydrogen-bond acceptors (Lipinski definition) is 7. The fourth-order valence-electron chi connectivity index (χ4n) is 5.41. The lowest BCUT2D eigenvalue weighted by Gasteiger charge is -2.57. The van der Waals surface area contributed by atoms with Gasteiger partial charge in [0.2, 0.25) is 0 Å². The van der Waals surface area contributed by atoms with Crippen LogP contribution in [-0.2, 0) is 25.7 Å². The maximum Gasteiger partial charge on any atom is 0.252 e. The molecule has 2 fully saturated rings. The molecule has 8 nitrogen and oxygen atoms in total. The number of piperidine rings is 1. The molecule has 0 radical (unpaired) electrons. The molecule has 4 rings (SSSR count). The van der Waals surface area contributed by atoms with Gasteiger partial charge in [0.15, 0.2) is 11.5 Å². The number of hydrogen-bond donors (Lipinski definition) is 3. The average Bonchev–Trinajstić information content (AvgIpc) is 2.80. The van der Waals surface area contributed by atoms with Crippen molar-refractivity contribution in [2.24, 2.45) is 17.2 Å². The summed E-state index contributed by atoms with van der Waals surface area (Å²) < 4.78 is 19.7. The number of carbonyl (C=O) groups excluding carboxylic acids is 2. The first-order valence-electron chi connectivity index (χ1n) is 11.3. The smallest absolute Gasteiger partial charge is 0.252 e. The third-order valence-electron chi connectivity index (χ3n) is 7.17. The summed E-state index contributed by atoms with van der Waals surface area (Å²) in [5.41, 5.74) is 0.0396. The molecule has 4 N–H and O–H groups in total. The molecule has 1 amide bonds. The van der Waals surface area contributed by atoms with Crippen LogP contribution in [0.3, 0.4) is 0 Å². The molecular weight excluding hydrogens is 465 g/mol. The summed E-state index contributed by atoms with van der Waals surface area (Å²) in [5, 5.41) is 13.4. The number of allylic oxidation sites excluding steroid dienone is 1. The molecule has 1 spiro atoms. The normalized spacial score (nSPS) is 28.4. The topological polar surface area (TPSA) is 114 Å². The lowest BCUT2D eigenvalue weighted by atomic mass is 9.55. The van der Waals surface area contributed by atoms with Crippen molar-refractivity contribution < 1.29 is 28.7 Å². The van der Waals surface area contributed by atoms with Crippen LogP contribution >= 0.6 is 11.6 Å². The summed E-state index contributed by atoms with van der Waals surface area (Å²) in [6.45, 7) is 2.36. The predicted octanol–water partition coefficient (Wildman–Crippen LogP) is 2.55. The number of aliphatic hydroxyl groups is 1. The quantitative estimate of drug-likeness (QED) is 0.500. The van der Waals surface area contributed by atoms with Crippen molar-refractivity contribution in [3.63, 3.8) is 0 Å². The van der Waals surface area contributed by atoms with Crippen LogP contribution < -0.4 is 11.2 Å². The van der Waals surface area contributed by atoms with E-state index in [1.807, 2.05) is 6.92 Å². The molecule has 2 unspecified atom stereocenters. The van der Waals surface area contributed by atoms with E-state index in [0.29, 0.717) is 13.0 Å². The van der Waals surface area contributed by atoms with Crippen molar-refractivity contribution in [1.29, 1.82) is 0 Å². The zero-order chi connectivity index (χ0) is 24.6. The van der Waals surface area contributed by atoms with Crippen molar-refractivity contribution in [3.05, 3.63) is 57.8 Å². The van der Waals surface area contributed by atoms with E-state index in [1.54, 1.807) is 18.1 Å². The Labute approximate surface area is 202 Å². The number of carbonyl (C=O) groups is 2. The molecule has 34 heavy (non-hydrogen) atoms. The van der Waals surface area contributed by atoms with E-state index in [-0.39, 0.29) is 57.4 Å². The Morgan fingerprint density at radius 2 is 2.15 bits per heavy atom. The summed E-state index contributed by atoms with van der Waals surface area (Å²) in [6, 6.07) is 4.49. The highest BCUT2D eigenvalue weighted by Crippen LogP contribution is 2.55. The van der Waals surface area contributed by atoms with Crippen molar-refractivity contribution >= 4 is 23.3 Å². The van der Waals surface area contributed by atoms with E-state index in [9.17, 15) is 19.1 Å². The molecule has 0 aromatic heterocycles. The minimum absolute atomic E-state index is 0.0499. The number of benzene rings is 1. The molecule has 1 aromatic carbocycles. The first kappa shape index (κ1) is 24.7. The number of nitrogens with zero attached hydrogens (tertiary/aromatic N) is 1. The summed E-state index contributed by atoms with van der Waals surface area (Å²) >= 11 is 5.81. The predicted molar refractivity (Wildman–Crippen MR) is 122 cm³/mol. The first-order valence-corrected chi connectivity index (χ1v) is 11.7. The Balaban J connectivity index is 1.61. The second-order valence-electron chi connectivity index (χ2n) is 9.18. The summed E-state index contributed by atoms with van der Waals surface area (Å²) in [7, 11) is 1.66. The summed E-state index contributed by atoms with van der Waals surface area (Å²) in [5.74, 6) is 3.64. The van der Waals surface area contributed by atoms with Crippen LogP contribution in [0, 0.1) is 17.2 Å². The van der Waals surface area contributed by atoms with Gasteiger partial charge < -0.3 is 24.9 Å². The zero-order valence-electron chi connectivity index (χ0n) is 19.1. The molecular formula is C24H29ClFN3O5. The molecule has 2 atom stereocenters. The van der Waals surface area contributed by atoms with Gasteiger partial charge in [-0.1, -0.05) is 37.1 Å². The molecule has 184 valence electrons. The standard InChI is InChI=1S/C24H29ClFN3O5/c1-3-5-16-21(31)19-22(34-27)20(30)15(11-29(19)12-24(16)8-14(9-24)33-2)23(32)28-10-13-6-4-7-17(25)18(13)26/h4,6-7,11,14,16,20,30H,3,5,8-10,12,27H2,1-2H3,(H,28,32)/t14-,16?,20?,24-. The van der Waals surface area contributed by atoms with Gasteiger partial charge in [0, 0.05) is 43.3 Å². The van der Waals surface area contributed by atoms with E-state index in [2.05, 4.69) is 5.32 Å². The van der Waals surface area contributed by atoms with Crippen LogP contribution in [0.5, 0.6) is 0 Å². The maximum atomic E-state index is 14.2. The van der Waals surface area contributed by atoms with Crippen LogP contribution in [0.25, 0.3) is 0 Å². The number of ketones is 1. The lowest BCUT2D eigenvalue weighted by Crippen LogP contribution is -2.60. The van der Waals surface area contributed by atoms with Crippen LogP contribution in [0.2, 0.25) is 5.02 Å². The molecule has 1 saturated carbocycles. The molecule has 3 aliphatic rings. The number of ether oxygens (including phenoxy) is 1. The highest BCUT2D eigenvalue weighted by molar-refractivity contribution is 6.30. The Bertz CT molecular complexity index is 1050. The molecule has 0 bridgehead atoms. The van der Waals surface area contributed by atoms with Gasteiger partial charge in [-0.15, -0.1) is 0 Å². The fraction of sp³-hybridized carbons (Fsp3) is 0.500. The van der Waals surface area contributed by atoms with E-state index < -0.39 is 17.8 Å². The Morgan fingerprint density at radius 1 is 1.41 bits per heavy atom. The van der Waals surface area contributed by atoms with Crippen LogP contribution in [-0.4, -0.2) is 47.6 Å². The van der Waals surface area contributed by atoms with Crippen molar-refractivity contribution in [1.82, 2.24) is 10.2 Å². The molecule has 2 aliphatic heterocycles. The van der Waals surface area contributed by atoms with Crippen LogP contribution in [0.4, 0.5) is 4.39 Å². The third kappa shape index (κ3) is 4.11. The number of rotatable bonds is 7. The Kier molecular flexibility index (Phi) is 7.00. The number of nitrogens with one attached hydrogen (secondary N) is 1. The van der Waals surface area contributed by atoms with Gasteiger partial charge >= 0.3 is 0 Å². The number of methoxy groups -OCH3 is 1. The third-order valence-corrected chi connectivity index (χ3v) is 7.46. The molecule has 2 heterocycles. The number of fused-ring (bicyclic) bond motifs is 1. The van der Waals surface area contributed by atoms with E-state index in [4.69, 9.17) is 27.1 Å². The van der Waals surface area contributed by atoms with Gasteiger partial charge in [-0.25, -0.2) is 4.39 Å².